The highest BCUT2D eigenvalue weighted by molar-refractivity contribution is 5.92. The van der Waals surface area contributed by atoms with E-state index in [0.29, 0.717) is 13.2 Å². The summed E-state index contributed by atoms with van der Waals surface area (Å²) in [7, 11) is 1.52. The summed E-state index contributed by atoms with van der Waals surface area (Å²) in [5, 5.41) is 11.3. The number of methoxy groups -OCH3 is 1. The molecule has 1 aromatic rings. The number of halogens is 1. The highest BCUT2D eigenvalue weighted by atomic mass is 19.1. The fourth-order valence-electron chi connectivity index (χ4n) is 1.48. The van der Waals surface area contributed by atoms with E-state index >= 15 is 0 Å². The van der Waals surface area contributed by atoms with Gasteiger partial charge in [-0.15, -0.1) is 0 Å². The van der Waals surface area contributed by atoms with Crippen molar-refractivity contribution in [2.75, 3.05) is 26.8 Å². The quantitative estimate of drug-likeness (QED) is 0.327. The van der Waals surface area contributed by atoms with E-state index in [0.717, 1.165) is 12.3 Å². The SMILES string of the molecule is COCCN(CC/C(N)=N/O)C(=O)c1ccc(F)cn1. The third kappa shape index (κ3) is 4.81. The number of nitrogens with two attached hydrogens (primary N) is 1. The molecule has 0 bridgehead atoms. The maximum atomic E-state index is 12.8. The summed E-state index contributed by atoms with van der Waals surface area (Å²) in [4.78, 5) is 17.4. The van der Waals surface area contributed by atoms with Crippen molar-refractivity contribution < 1.29 is 19.1 Å². The largest absolute Gasteiger partial charge is 0.409 e. The Bertz CT molecular complexity index is 464. The molecule has 1 heterocycles. The second kappa shape index (κ2) is 8.05. The van der Waals surface area contributed by atoms with E-state index in [1.807, 2.05) is 0 Å². The van der Waals surface area contributed by atoms with E-state index in [-0.39, 0.29) is 30.4 Å². The molecular weight excluding hydrogens is 267 g/mol. The number of amidine groups is 1. The predicted molar refractivity (Wildman–Crippen MR) is 70.0 cm³/mol. The Kier molecular flexibility index (Phi) is 6.38. The van der Waals surface area contributed by atoms with Gasteiger partial charge in [-0.3, -0.25) is 4.79 Å². The van der Waals surface area contributed by atoms with E-state index in [4.69, 9.17) is 15.7 Å². The van der Waals surface area contributed by atoms with Gasteiger partial charge in [-0.1, -0.05) is 5.16 Å². The molecule has 8 heteroatoms. The number of nitrogens with zero attached hydrogens (tertiary/aromatic N) is 3. The Labute approximate surface area is 115 Å². The Morgan fingerprint density at radius 2 is 2.30 bits per heavy atom. The van der Waals surface area contributed by atoms with Gasteiger partial charge in [-0.2, -0.15) is 0 Å². The Hall–Kier alpha value is -2.22. The van der Waals surface area contributed by atoms with Crippen molar-refractivity contribution in [2.24, 2.45) is 10.9 Å². The molecule has 0 aliphatic rings. The molecule has 0 aromatic carbocycles. The van der Waals surface area contributed by atoms with Crippen molar-refractivity contribution in [3.05, 3.63) is 29.8 Å². The average molecular weight is 284 g/mol. The molecule has 0 aliphatic carbocycles. The smallest absolute Gasteiger partial charge is 0.272 e. The first-order valence-corrected chi connectivity index (χ1v) is 5.94. The molecule has 3 N–H and O–H groups in total. The number of hydrogen-bond acceptors (Lipinski definition) is 5. The molecule has 1 rings (SSSR count). The van der Waals surface area contributed by atoms with Crippen molar-refractivity contribution in [2.45, 2.75) is 6.42 Å². The molecule has 0 spiro atoms. The lowest BCUT2D eigenvalue weighted by Crippen LogP contribution is -2.37. The fourth-order valence-corrected chi connectivity index (χ4v) is 1.48. The topological polar surface area (TPSA) is 101 Å². The molecule has 0 radical (unpaired) electrons. The molecule has 7 nitrogen and oxygen atoms in total. The summed E-state index contributed by atoms with van der Waals surface area (Å²) < 4.78 is 17.7. The van der Waals surface area contributed by atoms with Gasteiger partial charge in [-0.25, -0.2) is 9.37 Å². The monoisotopic (exact) mass is 284 g/mol. The van der Waals surface area contributed by atoms with Gasteiger partial charge in [0, 0.05) is 26.6 Å². The predicted octanol–water partition coefficient (Wildman–Crippen LogP) is 0.446. The van der Waals surface area contributed by atoms with Crippen LogP contribution in [0.1, 0.15) is 16.9 Å². The van der Waals surface area contributed by atoms with E-state index in [1.165, 1.54) is 18.1 Å². The van der Waals surface area contributed by atoms with E-state index in [1.54, 1.807) is 0 Å². The van der Waals surface area contributed by atoms with Crippen LogP contribution in [-0.2, 0) is 4.74 Å². The highest BCUT2D eigenvalue weighted by Gasteiger charge is 2.17. The van der Waals surface area contributed by atoms with Gasteiger partial charge >= 0.3 is 0 Å². The third-order valence-corrected chi connectivity index (χ3v) is 2.57. The number of pyridine rings is 1. The number of carbonyl (C=O) groups is 1. The standard InChI is InChI=1S/C12H17FN4O3/c1-20-7-6-17(5-4-11(14)16-19)12(18)10-3-2-9(13)8-15-10/h2-3,8,19H,4-7H2,1H3,(H2,14,16). The van der Waals surface area contributed by atoms with Crippen molar-refractivity contribution in [1.29, 1.82) is 0 Å². The summed E-state index contributed by atoms with van der Waals surface area (Å²) in [5.41, 5.74) is 5.50. The van der Waals surface area contributed by atoms with Crippen LogP contribution in [0.25, 0.3) is 0 Å². The Morgan fingerprint density at radius 1 is 1.55 bits per heavy atom. The van der Waals surface area contributed by atoms with Crippen LogP contribution in [0.3, 0.4) is 0 Å². The fraction of sp³-hybridized carbons (Fsp3) is 0.417. The van der Waals surface area contributed by atoms with Crippen molar-refractivity contribution in [3.8, 4) is 0 Å². The first kappa shape index (κ1) is 15.8. The number of hydrogen-bond donors (Lipinski definition) is 2. The van der Waals surface area contributed by atoms with Crippen LogP contribution in [0.5, 0.6) is 0 Å². The first-order chi connectivity index (χ1) is 9.58. The van der Waals surface area contributed by atoms with Gasteiger partial charge in [0.1, 0.15) is 17.3 Å². The van der Waals surface area contributed by atoms with E-state index < -0.39 is 5.82 Å². The minimum atomic E-state index is -0.512. The number of carbonyl (C=O) groups excluding carboxylic acids is 1. The number of aromatic nitrogens is 1. The number of rotatable bonds is 7. The molecule has 0 aliphatic heterocycles. The van der Waals surface area contributed by atoms with Crippen LogP contribution < -0.4 is 5.73 Å². The van der Waals surface area contributed by atoms with Crippen LogP contribution in [-0.4, -0.2) is 53.6 Å². The maximum absolute atomic E-state index is 12.8. The summed E-state index contributed by atoms with van der Waals surface area (Å²) in [6, 6.07) is 2.47. The third-order valence-electron chi connectivity index (χ3n) is 2.57. The van der Waals surface area contributed by atoms with Gasteiger partial charge in [0.2, 0.25) is 0 Å². The molecule has 1 aromatic heterocycles. The highest BCUT2D eigenvalue weighted by Crippen LogP contribution is 2.04. The lowest BCUT2D eigenvalue weighted by molar-refractivity contribution is 0.0694. The molecule has 0 fully saturated rings. The molecule has 110 valence electrons. The van der Waals surface area contributed by atoms with Crippen LogP contribution >= 0.6 is 0 Å². The molecule has 1 amide bonds. The van der Waals surface area contributed by atoms with Crippen LogP contribution in [0.4, 0.5) is 4.39 Å². The van der Waals surface area contributed by atoms with Crippen LogP contribution in [0.2, 0.25) is 0 Å². The number of ether oxygens (including phenoxy) is 1. The van der Waals surface area contributed by atoms with Gasteiger partial charge in [0.05, 0.1) is 12.8 Å². The molecule has 0 saturated heterocycles. The molecule has 0 atom stereocenters. The Balaban J connectivity index is 2.75. The molecular formula is C12H17FN4O3. The zero-order valence-corrected chi connectivity index (χ0v) is 11.1. The lowest BCUT2D eigenvalue weighted by atomic mass is 10.2. The van der Waals surface area contributed by atoms with E-state index in [2.05, 4.69) is 10.1 Å². The number of oxime groups is 1. The van der Waals surface area contributed by atoms with Crippen LogP contribution in [0, 0.1) is 5.82 Å². The number of amides is 1. The minimum Gasteiger partial charge on any atom is -0.409 e. The molecule has 0 unspecified atom stereocenters. The van der Waals surface area contributed by atoms with Gasteiger partial charge in [0.15, 0.2) is 0 Å². The maximum Gasteiger partial charge on any atom is 0.272 e. The second-order valence-corrected chi connectivity index (χ2v) is 3.99. The summed E-state index contributed by atoms with van der Waals surface area (Å²) in [6.07, 6.45) is 1.19. The summed E-state index contributed by atoms with van der Waals surface area (Å²) in [5.74, 6) is -0.860. The first-order valence-electron chi connectivity index (χ1n) is 5.94. The second-order valence-electron chi connectivity index (χ2n) is 3.99. The zero-order valence-electron chi connectivity index (χ0n) is 11.1. The van der Waals surface area contributed by atoms with Crippen LogP contribution in [0.15, 0.2) is 23.5 Å². The molecule has 20 heavy (non-hydrogen) atoms. The normalized spacial score (nSPS) is 11.4. The zero-order chi connectivity index (χ0) is 15.0. The van der Waals surface area contributed by atoms with Crippen molar-refractivity contribution >= 4 is 11.7 Å². The molecule has 0 saturated carbocycles. The van der Waals surface area contributed by atoms with E-state index in [9.17, 15) is 9.18 Å². The summed E-state index contributed by atoms with van der Waals surface area (Å²) in [6.45, 7) is 0.910. The van der Waals surface area contributed by atoms with Crippen molar-refractivity contribution in [3.63, 3.8) is 0 Å². The lowest BCUT2D eigenvalue weighted by Gasteiger charge is -2.21. The summed E-state index contributed by atoms with van der Waals surface area (Å²) >= 11 is 0. The van der Waals surface area contributed by atoms with Gasteiger partial charge < -0.3 is 20.6 Å². The van der Waals surface area contributed by atoms with Crippen molar-refractivity contribution in [1.82, 2.24) is 9.88 Å². The average Bonchev–Trinajstić information content (AvgIpc) is 2.47. The Morgan fingerprint density at radius 3 is 2.85 bits per heavy atom. The van der Waals surface area contributed by atoms with Gasteiger partial charge in [0.25, 0.3) is 5.91 Å². The minimum absolute atomic E-state index is 0.0206. The van der Waals surface area contributed by atoms with Gasteiger partial charge in [-0.05, 0) is 12.1 Å².